The lowest BCUT2D eigenvalue weighted by Crippen LogP contribution is -2.36. The highest BCUT2D eigenvalue weighted by atomic mass is 32.2. The van der Waals surface area contributed by atoms with Crippen molar-refractivity contribution in [2.24, 2.45) is 5.92 Å². The maximum atomic E-state index is 5.24. The van der Waals surface area contributed by atoms with Crippen LogP contribution in [0.3, 0.4) is 0 Å². The SMILES string of the molecule is CCNC(CSc1nc2ccc(OC)cc2[nH]1)C(C)CC. The van der Waals surface area contributed by atoms with Crippen molar-refractivity contribution in [1.29, 1.82) is 0 Å². The van der Waals surface area contributed by atoms with Crippen LogP contribution in [-0.4, -0.2) is 35.4 Å². The zero-order valence-corrected chi connectivity index (χ0v) is 14.1. The number of hydrogen-bond donors (Lipinski definition) is 2. The van der Waals surface area contributed by atoms with Gasteiger partial charge < -0.3 is 15.0 Å². The number of imidazole rings is 1. The van der Waals surface area contributed by atoms with Crippen molar-refractivity contribution in [1.82, 2.24) is 15.3 Å². The van der Waals surface area contributed by atoms with Crippen LogP contribution in [0.5, 0.6) is 5.75 Å². The number of thioether (sulfide) groups is 1. The molecule has 0 aliphatic carbocycles. The number of aromatic nitrogens is 2. The summed E-state index contributed by atoms with van der Waals surface area (Å²) >= 11 is 1.78. The van der Waals surface area contributed by atoms with Gasteiger partial charge in [-0.25, -0.2) is 4.98 Å². The van der Waals surface area contributed by atoms with Gasteiger partial charge in [0.1, 0.15) is 5.75 Å². The summed E-state index contributed by atoms with van der Waals surface area (Å²) in [4.78, 5) is 8.00. The first-order chi connectivity index (χ1) is 10.2. The summed E-state index contributed by atoms with van der Waals surface area (Å²) in [5.41, 5.74) is 2.02. The number of rotatable bonds is 8. The first-order valence-corrected chi connectivity index (χ1v) is 8.56. The van der Waals surface area contributed by atoms with Crippen LogP contribution < -0.4 is 10.1 Å². The van der Waals surface area contributed by atoms with Crippen molar-refractivity contribution in [3.05, 3.63) is 18.2 Å². The number of hydrogen-bond acceptors (Lipinski definition) is 4. The molecular formula is C16H25N3OS. The molecule has 0 aliphatic heterocycles. The van der Waals surface area contributed by atoms with Gasteiger partial charge in [0.2, 0.25) is 0 Å². The minimum Gasteiger partial charge on any atom is -0.497 e. The predicted molar refractivity (Wildman–Crippen MR) is 90.3 cm³/mol. The first kappa shape index (κ1) is 16.2. The molecule has 0 fully saturated rings. The molecule has 0 bridgehead atoms. The second-order valence-electron chi connectivity index (χ2n) is 5.29. The molecule has 2 N–H and O–H groups in total. The van der Waals surface area contributed by atoms with Crippen LogP contribution in [0.25, 0.3) is 11.0 Å². The Balaban J connectivity index is 2.05. The number of H-pyrrole nitrogens is 1. The molecule has 1 aromatic carbocycles. The van der Waals surface area contributed by atoms with Gasteiger partial charge in [0.15, 0.2) is 5.16 Å². The molecule has 2 atom stereocenters. The molecule has 0 saturated heterocycles. The second-order valence-corrected chi connectivity index (χ2v) is 6.29. The zero-order valence-electron chi connectivity index (χ0n) is 13.3. The van der Waals surface area contributed by atoms with E-state index in [1.54, 1.807) is 18.9 Å². The lowest BCUT2D eigenvalue weighted by molar-refractivity contribution is 0.404. The fraction of sp³-hybridized carbons (Fsp3) is 0.562. The molecule has 116 valence electrons. The molecule has 2 aromatic rings. The summed E-state index contributed by atoms with van der Waals surface area (Å²) in [6, 6.07) is 6.44. The molecule has 1 aromatic heterocycles. The highest BCUT2D eigenvalue weighted by molar-refractivity contribution is 7.99. The second kappa shape index (κ2) is 7.71. The molecule has 0 saturated carbocycles. The van der Waals surface area contributed by atoms with E-state index >= 15 is 0 Å². The van der Waals surface area contributed by atoms with E-state index in [1.165, 1.54) is 6.42 Å². The van der Waals surface area contributed by atoms with Gasteiger partial charge in [0.05, 0.1) is 18.1 Å². The minimum atomic E-state index is 0.521. The quantitative estimate of drug-likeness (QED) is 0.730. The Kier molecular flexibility index (Phi) is 5.94. The van der Waals surface area contributed by atoms with Crippen molar-refractivity contribution in [3.63, 3.8) is 0 Å². The van der Waals surface area contributed by atoms with Gasteiger partial charge in [-0.15, -0.1) is 0 Å². The van der Waals surface area contributed by atoms with E-state index < -0.39 is 0 Å². The van der Waals surface area contributed by atoms with Crippen LogP contribution >= 0.6 is 11.8 Å². The van der Waals surface area contributed by atoms with Gasteiger partial charge >= 0.3 is 0 Å². The molecule has 0 radical (unpaired) electrons. The number of ether oxygens (including phenoxy) is 1. The molecule has 5 heteroatoms. The molecule has 21 heavy (non-hydrogen) atoms. The summed E-state index contributed by atoms with van der Waals surface area (Å²) in [7, 11) is 1.68. The molecule has 2 rings (SSSR count). The molecular weight excluding hydrogens is 282 g/mol. The van der Waals surface area contributed by atoms with E-state index in [9.17, 15) is 0 Å². The van der Waals surface area contributed by atoms with Gasteiger partial charge in [-0.1, -0.05) is 39.0 Å². The minimum absolute atomic E-state index is 0.521. The van der Waals surface area contributed by atoms with Crippen LogP contribution in [0.4, 0.5) is 0 Å². The summed E-state index contributed by atoms with van der Waals surface area (Å²) in [5, 5.41) is 4.55. The molecule has 0 amide bonds. The van der Waals surface area contributed by atoms with E-state index in [2.05, 4.69) is 36.1 Å². The van der Waals surface area contributed by atoms with Crippen molar-refractivity contribution >= 4 is 22.8 Å². The monoisotopic (exact) mass is 307 g/mol. The maximum Gasteiger partial charge on any atom is 0.166 e. The maximum absolute atomic E-state index is 5.24. The van der Waals surface area contributed by atoms with Crippen LogP contribution in [0, 0.1) is 5.92 Å². The topological polar surface area (TPSA) is 49.9 Å². The number of benzene rings is 1. The molecule has 2 unspecified atom stereocenters. The number of nitrogens with zero attached hydrogens (tertiary/aromatic N) is 1. The van der Waals surface area contributed by atoms with E-state index in [-0.39, 0.29) is 0 Å². The first-order valence-electron chi connectivity index (χ1n) is 7.57. The van der Waals surface area contributed by atoms with Crippen molar-refractivity contribution in [2.75, 3.05) is 19.4 Å². The summed E-state index contributed by atoms with van der Waals surface area (Å²) < 4.78 is 5.24. The highest BCUT2D eigenvalue weighted by Gasteiger charge is 2.16. The average Bonchev–Trinajstić information content (AvgIpc) is 2.92. The summed E-state index contributed by atoms with van der Waals surface area (Å²) in [6.07, 6.45) is 1.19. The largest absolute Gasteiger partial charge is 0.497 e. The third-order valence-corrected chi connectivity index (χ3v) is 4.86. The predicted octanol–water partition coefficient (Wildman–Crippen LogP) is 3.69. The highest BCUT2D eigenvalue weighted by Crippen LogP contribution is 2.24. The van der Waals surface area contributed by atoms with E-state index in [0.717, 1.165) is 34.2 Å². The normalized spacial score (nSPS) is 14.3. The van der Waals surface area contributed by atoms with Crippen molar-refractivity contribution in [2.45, 2.75) is 38.4 Å². The van der Waals surface area contributed by atoms with Gasteiger partial charge in [-0.05, 0) is 24.6 Å². The summed E-state index contributed by atoms with van der Waals surface area (Å²) in [5.74, 6) is 2.55. The van der Waals surface area contributed by atoms with Crippen molar-refractivity contribution in [3.8, 4) is 5.75 Å². The third-order valence-electron chi connectivity index (χ3n) is 3.86. The van der Waals surface area contributed by atoms with Gasteiger partial charge in [-0.2, -0.15) is 0 Å². The summed E-state index contributed by atoms with van der Waals surface area (Å²) in [6.45, 7) is 7.71. The Morgan fingerprint density at radius 2 is 2.19 bits per heavy atom. The Labute approximate surface area is 131 Å². The fourth-order valence-electron chi connectivity index (χ4n) is 2.30. The smallest absolute Gasteiger partial charge is 0.166 e. The number of methoxy groups -OCH3 is 1. The molecule has 0 aliphatic rings. The van der Waals surface area contributed by atoms with Gasteiger partial charge in [0.25, 0.3) is 0 Å². The van der Waals surface area contributed by atoms with Crippen LogP contribution in [-0.2, 0) is 0 Å². The standard InChI is InChI=1S/C16H25N3OS/c1-5-11(3)15(17-6-2)10-21-16-18-13-8-7-12(20-4)9-14(13)19-16/h7-9,11,15,17H,5-6,10H2,1-4H3,(H,18,19). The molecule has 0 spiro atoms. The molecule has 1 heterocycles. The Hall–Kier alpha value is -1.20. The van der Waals surface area contributed by atoms with Crippen LogP contribution in [0.1, 0.15) is 27.2 Å². The van der Waals surface area contributed by atoms with Gasteiger partial charge in [0, 0.05) is 17.9 Å². The van der Waals surface area contributed by atoms with Gasteiger partial charge in [-0.3, -0.25) is 0 Å². The average molecular weight is 307 g/mol. The lowest BCUT2D eigenvalue weighted by Gasteiger charge is -2.22. The van der Waals surface area contributed by atoms with Crippen LogP contribution in [0.2, 0.25) is 0 Å². The Morgan fingerprint density at radius 3 is 2.86 bits per heavy atom. The van der Waals surface area contributed by atoms with E-state index in [1.807, 2.05) is 18.2 Å². The number of aromatic amines is 1. The molecule has 4 nitrogen and oxygen atoms in total. The number of fused-ring (bicyclic) bond motifs is 1. The Bertz CT molecular complexity index is 570. The zero-order chi connectivity index (χ0) is 15.2. The van der Waals surface area contributed by atoms with Crippen LogP contribution in [0.15, 0.2) is 23.4 Å². The van der Waals surface area contributed by atoms with E-state index in [4.69, 9.17) is 4.74 Å². The Morgan fingerprint density at radius 1 is 1.38 bits per heavy atom. The van der Waals surface area contributed by atoms with E-state index in [0.29, 0.717) is 12.0 Å². The third kappa shape index (κ3) is 4.14. The number of nitrogens with one attached hydrogen (secondary N) is 2. The lowest BCUT2D eigenvalue weighted by atomic mass is 10.0. The fourth-order valence-corrected chi connectivity index (χ4v) is 3.43. The van der Waals surface area contributed by atoms with Crippen molar-refractivity contribution < 1.29 is 4.74 Å².